The van der Waals surface area contributed by atoms with Gasteiger partial charge >= 0.3 is 5.69 Å². The van der Waals surface area contributed by atoms with E-state index in [1.165, 1.54) is 16.8 Å². The maximum atomic E-state index is 13.5. The summed E-state index contributed by atoms with van der Waals surface area (Å²) in [5, 5.41) is 15.9. The molecule has 34 heavy (non-hydrogen) atoms. The van der Waals surface area contributed by atoms with Gasteiger partial charge in [-0.15, -0.1) is 10.2 Å². The molecule has 0 spiro atoms. The maximum Gasteiger partial charge on any atom is 0.352 e. The predicted octanol–water partition coefficient (Wildman–Crippen LogP) is 2.32. The van der Waals surface area contributed by atoms with Crippen molar-refractivity contribution in [3.05, 3.63) is 92.3 Å². The number of halogens is 1. The lowest BCUT2D eigenvalue weighted by Crippen LogP contribution is -2.39. The lowest BCUT2D eigenvalue weighted by Gasteiger charge is -2.27. The van der Waals surface area contributed by atoms with E-state index in [1.807, 2.05) is 17.6 Å². The van der Waals surface area contributed by atoms with Crippen molar-refractivity contribution < 1.29 is 9.13 Å². The highest BCUT2D eigenvalue weighted by Crippen LogP contribution is 2.31. The molecule has 0 fully saturated rings. The third kappa shape index (κ3) is 3.79. The van der Waals surface area contributed by atoms with Gasteiger partial charge in [0.05, 0.1) is 18.3 Å². The number of hydrogen-bond donors (Lipinski definition) is 1. The maximum absolute atomic E-state index is 13.5. The van der Waals surface area contributed by atoms with Gasteiger partial charge in [0.25, 0.3) is 5.56 Å². The fraction of sp³-hybridized carbons (Fsp3) is 0.261. The van der Waals surface area contributed by atoms with E-state index in [2.05, 4.69) is 20.6 Å². The number of aromatic nitrogens is 6. The number of fused-ring (bicyclic) bond motifs is 1. The first kappa shape index (κ1) is 21.7. The van der Waals surface area contributed by atoms with E-state index in [4.69, 9.17) is 4.74 Å². The highest BCUT2D eigenvalue weighted by atomic mass is 19.1. The smallest absolute Gasteiger partial charge is 0.352 e. The molecule has 174 valence electrons. The van der Waals surface area contributed by atoms with Gasteiger partial charge in [0.2, 0.25) is 5.95 Å². The van der Waals surface area contributed by atoms with Gasteiger partial charge in [0.1, 0.15) is 18.6 Å². The Kier molecular flexibility index (Phi) is 5.54. The highest BCUT2D eigenvalue weighted by molar-refractivity contribution is 5.62. The number of nitrogens with one attached hydrogen (secondary N) is 1. The van der Waals surface area contributed by atoms with Crippen molar-refractivity contribution in [2.45, 2.75) is 33.0 Å². The summed E-state index contributed by atoms with van der Waals surface area (Å²) < 4.78 is 23.4. The largest absolute Gasteiger partial charge is 0.371 e. The first-order chi connectivity index (χ1) is 16.5. The molecule has 1 aliphatic heterocycles. The zero-order chi connectivity index (χ0) is 23.8. The van der Waals surface area contributed by atoms with Crippen LogP contribution in [-0.2, 0) is 17.9 Å². The third-order valence-corrected chi connectivity index (χ3v) is 5.83. The fourth-order valence-electron chi connectivity index (χ4n) is 4.00. The second-order valence-corrected chi connectivity index (χ2v) is 7.94. The molecule has 1 aliphatic rings. The van der Waals surface area contributed by atoms with Crippen molar-refractivity contribution in [2.24, 2.45) is 0 Å². The number of rotatable bonds is 5. The second-order valence-electron chi connectivity index (χ2n) is 7.94. The van der Waals surface area contributed by atoms with Crippen molar-refractivity contribution in [3.63, 3.8) is 0 Å². The molecule has 0 saturated carbocycles. The Balaban J connectivity index is 1.54. The SMILES string of the molecule is CCn1c(=O)cnn(-c2ccc(C)c(Nc3nnc4n3C(c3ccc(F)cc3)COC4)c2)c1=O. The number of nitrogens with zero attached hydrogens (tertiary/aromatic N) is 6. The van der Waals surface area contributed by atoms with Gasteiger partial charge in [0.15, 0.2) is 5.82 Å². The lowest BCUT2D eigenvalue weighted by atomic mass is 10.1. The lowest BCUT2D eigenvalue weighted by molar-refractivity contribution is 0.0670. The van der Waals surface area contributed by atoms with Crippen molar-refractivity contribution in [3.8, 4) is 5.69 Å². The van der Waals surface area contributed by atoms with Gasteiger partial charge in [-0.25, -0.2) is 9.18 Å². The quantitative estimate of drug-likeness (QED) is 0.484. The average molecular weight is 463 g/mol. The molecule has 1 atom stereocenters. The monoisotopic (exact) mass is 463 g/mol. The Morgan fingerprint density at radius 3 is 2.71 bits per heavy atom. The number of benzene rings is 2. The Bertz CT molecular complexity index is 1470. The Morgan fingerprint density at radius 2 is 1.94 bits per heavy atom. The summed E-state index contributed by atoms with van der Waals surface area (Å²) >= 11 is 0. The van der Waals surface area contributed by atoms with Gasteiger partial charge in [-0.3, -0.25) is 13.9 Å². The molecule has 10 nitrogen and oxygen atoms in total. The molecule has 0 saturated heterocycles. The Hall–Kier alpha value is -4.12. The molecule has 4 aromatic rings. The van der Waals surface area contributed by atoms with Crippen LogP contribution in [0, 0.1) is 12.7 Å². The van der Waals surface area contributed by atoms with Crippen LogP contribution < -0.4 is 16.6 Å². The van der Waals surface area contributed by atoms with Gasteiger partial charge < -0.3 is 10.1 Å². The van der Waals surface area contributed by atoms with E-state index in [0.717, 1.165) is 21.9 Å². The van der Waals surface area contributed by atoms with E-state index in [9.17, 15) is 14.0 Å². The molecule has 1 N–H and O–H groups in total. The second kappa shape index (κ2) is 8.67. The van der Waals surface area contributed by atoms with Crippen molar-refractivity contribution in [2.75, 3.05) is 11.9 Å². The summed E-state index contributed by atoms with van der Waals surface area (Å²) in [6.45, 7) is 4.59. The van der Waals surface area contributed by atoms with Crippen LogP contribution in [0.25, 0.3) is 5.69 Å². The first-order valence-corrected chi connectivity index (χ1v) is 10.8. The van der Waals surface area contributed by atoms with Crippen molar-refractivity contribution in [1.29, 1.82) is 0 Å². The molecule has 2 aromatic carbocycles. The van der Waals surface area contributed by atoms with E-state index in [1.54, 1.807) is 31.2 Å². The van der Waals surface area contributed by atoms with Gasteiger partial charge in [-0.05, 0) is 49.2 Å². The molecular weight excluding hydrogens is 441 g/mol. The summed E-state index contributed by atoms with van der Waals surface area (Å²) in [7, 11) is 0. The minimum atomic E-state index is -0.516. The zero-order valence-electron chi connectivity index (χ0n) is 18.6. The number of aryl methyl sites for hydroxylation is 1. The molecule has 11 heteroatoms. The number of ether oxygens (including phenoxy) is 1. The fourth-order valence-corrected chi connectivity index (χ4v) is 4.00. The molecule has 0 aliphatic carbocycles. The van der Waals surface area contributed by atoms with E-state index in [0.29, 0.717) is 36.4 Å². The summed E-state index contributed by atoms with van der Waals surface area (Å²) in [6.07, 6.45) is 1.13. The molecule has 2 aromatic heterocycles. The van der Waals surface area contributed by atoms with Crippen molar-refractivity contribution in [1.82, 2.24) is 29.1 Å². The standard InChI is InChI=1S/C23H22FN7O3/c1-3-29-21(32)11-25-31(23(29)33)17-9-4-14(2)18(10-17)26-22-28-27-20-13-34-12-19(30(20)22)15-5-7-16(24)8-6-15/h4-11,19H,3,12-13H2,1-2H3,(H,26,28). The normalized spacial score (nSPS) is 15.2. The summed E-state index contributed by atoms with van der Waals surface area (Å²) in [6, 6.07) is 11.4. The van der Waals surface area contributed by atoms with Crippen LogP contribution >= 0.6 is 0 Å². The van der Waals surface area contributed by atoms with Crippen LogP contribution in [0.5, 0.6) is 0 Å². The van der Waals surface area contributed by atoms with Gasteiger partial charge in [0, 0.05) is 12.2 Å². The first-order valence-electron chi connectivity index (χ1n) is 10.8. The molecule has 3 heterocycles. The molecule has 0 amide bonds. The minimum absolute atomic E-state index is 0.234. The minimum Gasteiger partial charge on any atom is -0.371 e. The molecular formula is C23H22FN7O3. The van der Waals surface area contributed by atoms with Crippen molar-refractivity contribution >= 4 is 11.6 Å². The van der Waals surface area contributed by atoms with Crippen LogP contribution in [0.1, 0.15) is 29.9 Å². The van der Waals surface area contributed by atoms with E-state index >= 15 is 0 Å². The third-order valence-electron chi connectivity index (χ3n) is 5.83. The molecule has 1 unspecified atom stereocenters. The molecule has 5 rings (SSSR count). The van der Waals surface area contributed by atoms with Crippen LogP contribution in [0.4, 0.5) is 16.0 Å². The Morgan fingerprint density at radius 1 is 1.15 bits per heavy atom. The highest BCUT2D eigenvalue weighted by Gasteiger charge is 2.27. The topological polar surface area (TPSA) is 109 Å². The average Bonchev–Trinajstić information content (AvgIpc) is 3.25. The van der Waals surface area contributed by atoms with E-state index in [-0.39, 0.29) is 18.4 Å². The number of hydrogen-bond acceptors (Lipinski definition) is 7. The van der Waals surface area contributed by atoms with Crippen LogP contribution in [0.2, 0.25) is 0 Å². The molecule has 0 bridgehead atoms. The van der Waals surface area contributed by atoms with Crippen LogP contribution in [0.3, 0.4) is 0 Å². The van der Waals surface area contributed by atoms with Gasteiger partial charge in [-0.2, -0.15) is 9.78 Å². The number of anilines is 2. The summed E-state index contributed by atoms with van der Waals surface area (Å²) in [5.74, 6) is 0.824. The van der Waals surface area contributed by atoms with E-state index < -0.39 is 11.2 Å². The summed E-state index contributed by atoms with van der Waals surface area (Å²) in [5.41, 5.74) is 2.00. The van der Waals surface area contributed by atoms with Crippen LogP contribution in [0.15, 0.2) is 58.3 Å². The van der Waals surface area contributed by atoms with Crippen LogP contribution in [-0.4, -0.2) is 35.7 Å². The predicted molar refractivity (Wildman–Crippen MR) is 122 cm³/mol. The Labute approximate surface area is 193 Å². The molecule has 0 radical (unpaired) electrons. The summed E-state index contributed by atoms with van der Waals surface area (Å²) in [4.78, 5) is 24.6. The zero-order valence-corrected chi connectivity index (χ0v) is 18.6. The van der Waals surface area contributed by atoms with Gasteiger partial charge in [-0.1, -0.05) is 18.2 Å².